The molecule has 1 aliphatic rings. The van der Waals surface area contributed by atoms with Crippen LogP contribution in [0.1, 0.15) is 47.5 Å². The second-order valence-electron chi connectivity index (χ2n) is 6.06. The van der Waals surface area contributed by atoms with Gasteiger partial charge in [-0.25, -0.2) is 0 Å². The summed E-state index contributed by atoms with van der Waals surface area (Å²) in [5.41, 5.74) is 0.429. The molecule has 1 N–H and O–H groups in total. The Hall–Kier alpha value is -0.0800. The maximum atomic E-state index is 5.78. The minimum atomic E-state index is 0.00347. The van der Waals surface area contributed by atoms with E-state index in [9.17, 15) is 0 Å². The third-order valence-electron chi connectivity index (χ3n) is 2.99. The molecule has 1 saturated heterocycles. The predicted octanol–water partition coefficient (Wildman–Crippen LogP) is 2.58. The number of morpholine rings is 1. The van der Waals surface area contributed by atoms with E-state index in [4.69, 9.17) is 4.74 Å². The van der Waals surface area contributed by atoms with Crippen LogP contribution in [-0.4, -0.2) is 24.8 Å². The zero-order chi connectivity index (χ0) is 10.8. The summed E-state index contributed by atoms with van der Waals surface area (Å²) < 4.78 is 5.78. The standard InChI is InChI=1S/C12H25NO/c1-11(2,3)7-6-10-12(4,5)14-9-8-13-10/h10,13H,6-9H2,1-5H3. The summed E-state index contributed by atoms with van der Waals surface area (Å²) >= 11 is 0. The number of rotatable bonds is 2. The molecule has 0 spiro atoms. The lowest BCUT2D eigenvalue weighted by molar-refractivity contribution is -0.0745. The second kappa shape index (κ2) is 4.19. The van der Waals surface area contributed by atoms with E-state index in [1.165, 1.54) is 12.8 Å². The van der Waals surface area contributed by atoms with Crippen molar-refractivity contribution >= 4 is 0 Å². The van der Waals surface area contributed by atoms with E-state index < -0.39 is 0 Å². The number of nitrogens with one attached hydrogen (secondary N) is 1. The van der Waals surface area contributed by atoms with Gasteiger partial charge in [0.25, 0.3) is 0 Å². The van der Waals surface area contributed by atoms with E-state index in [0.717, 1.165) is 13.2 Å². The van der Waals surface area contributed by atoms with E-state index in [-0.39, 0.29) is 5.60 Å². The van der Waals surface area contributed by atoms with E-state index in [0.29, 0.717) is 11.5 Å². The van der Waals surface area contributed by atoms with Gasteiger partial charge in [-0.05, 0) is 32.1 Å². The van der Waals surface area contributed by atoms with E-state index in [1.807, 2.05) is 0 Å². The summed E-state index contributed by atoms with van der Waals surface area (Å²) in [4.78, 5) is 0. The normalized spacial score (nSPS) is 27.6. The SMILES string of the molecule is CC(C)(C)CCC1NCCOC1(C)C. The third-order valence-corrected chi connectivity index (χ3v) is 2.99. The molecular formula is C12H25NO. The lowest BCUT2D eigenvalue weighted by atomic mass is 9.84. The van der Waals surface area contributed by atoms with Crippen molar-refractivity contribution in [2.75, 3.05) is 13.2 Å². The Morgan fingerprint density at radius 1 is 1.36 bits per heavy atom. The van der Waals surface area contributed by atoms with Crippen molar-refractivity contribution in [2.24, 2.45) is 5.41 Å². The second-order valence-corrected chi connectivity index (χ2v) is 6.06. The summed E-state index contributed by atoms with van der Waals surface area (Å²) in [7, 11) is 0. The van der Waals surface area contributed by atoms with Gasteiger partial charge < -0.3 is 10.1 Å². The van der Waals surface area contributed by atoms with Gasteiger partial charge in [-0.1, -0.05) is 20.8 Å². The summed E-state index contributed by atoms with van der Waals surface area (Å²) in [5, 5.41) is 3.56. The van der Waals surface area contributed by atoms with Crippen LogP contribution in [-0.2, 0) is 4.74 Å². The highest BCUT2D eigenvalue weighted by atomic mass is 16.5. The van der Waals surface area contributed by atoms with Gasteiger partial charge in [-0.2, -0.15) is 0 Å². The highest BCUT2D eigenvalue weighted by Crippen LogP contribution is 2.27. The largest absolute Gasteiger partial charge is 0.373 e. The lowest BCUT2D eigenvalue weighted by Crippen LogP contribution is -2.54. The highest BCUT2D eigenvalue weighted by molar-refractivity contribution is 4.89. The molecule has 1 fully saturated rings. The van der Waals surface area contributed by atoms with Crippen LogP contribution in [0.3, 0.4) is 0 Å². The Kier molecular flexibility index (Phi) is 3.59. The Morgan fingerprint density at radius 3 is 2.50 bits per heavy atom. The van der Waals surface area contributed by atoms with Gasteiger partial charge in [0.05, 0.1) is 12.2 Å². The monoisotopic (exact) mass is 199 g/mol. The van der Waals surface area contributed by atoms with Crippen molar-refractivity contribution in [1.82, 2.24) is 5.32 Å². The summed E-state index contributed by atoms with van der Waals surface area (Å²) in [6.45, 7) is 13.1. The zero-order valence-corrected chi connectivity index (χ0v) is 10.3. The van der Waals surface area contributed by atoms with E-state index >= 15 is 0 Å². The van der Waals surface area contributed by atoms with Gasteiger partial charge in [0.2, 0.25) is 0 Å². The molecule has 14 heavy (non-hydrogen) atoms. The minimum Gasteiger partial charge on any atom is -0.373 e. The Balaban J connectivity index is 2.42. The molecule has 84 valence electrons. The molecular weight excluding hydrogens is 174 g/mol. The fourth-order valence-electron chi connectivity index (χ4n) is 1.92. The average Bonchev–Trinajstić information content (AvgIpc) is 2.00. The molecule has 0 bridgehead atoms. The van der Waals surface area contributed by atoms with Gasteiger partial charge in [-0.3, -0.25) is 0 Å². The molecule has 0 aliphatic carbocycles. The first-order valence-corrected chi connectivity index (χ1v) is 5.69. The van der Waals surface area contributed by atoms with Crippen LogP contribution in [0.2, 0.25) is 0 Å². The molecule has 0 aromatic rings. The molecule has 1 heterocycles. The Morgan fingerprint density at radius 2 is 2.00 bits per heavy atom. The summed E-state index contributed by atoms with van der Waals surface area (Å²) in [6, 6.07) is 0.510. The van der Waals surface area contributed by atoms with Gasteiger partial charge in [0.15, 0.2) is 0 Å². The minimum absolute atomic E-state index is 0.00347. The first-order chi connectivity index (χ1) is 6.31. The first kappa shape index (κ1) is 12.0. The highest BCUT2D eigenvalue weighted by Gasteiger charge is 2.33. The molecule has 1 atom stereocenters. The molecule has 0 amide bonds. The number of hydrogen-bond donors (Lipinski definition) is 1. The van der Waals surface area contributed by atoms with Gasteiger partial charge >= 0.3 is 0 Å². The molecule has 0 saturated carbocycles. The molecule has 0 radical (unpaired) electrons. The van der Waals surface area contributed by atoms with Gasteiger partial charge in [0, 0.05) is 12.6 Å². The van der Waals surface area contributed by atoms with Crippen LogP contribution in [0.25, 0.3) is 0 Å². The molecule has 2 nitrogen and oxygen atoms in total. The fraction of sp³-hybridized carbons (Fsp3) is 1.00. The molecule has 0 aromatic heterocycles. The van der Waals surface area contributed by atoms with Gasteiger partial charge in [-0.15, -0.1) is 0 Å². The maximum absolute atomic E-state index is 5.78. The van der Waals surface area contributed by atoms with Crippen molar-refractivity contribution in [3.05, 3.63) is 0 Å². The Labute approximate surface area is 88.4 Å². The summed E-state index contributed by atoms with van der Waals surface area (Å²) in [5.74, 6) is 0. The van der Waals surface area contributed by atoms with Crippen molar-refractivity contribution in [3.8, 4) is 0 Å². The van der Waals surface area contributed by atoms with Crippen LogP contribution in [0.5, 0.6) is 0 Å². The third kappa shape index (κ3) is 3.58. The first-order valence-electron chi connectivity index (χ1n) is 5.69. The van der Waals surface area contributed by atoms with Crippen molar-refractivity contribution < 1.29 is 4.74 Å². The molecule has 1 aliphatic heterocycles. The average molecular weight is 199 g/mol. The smallest absolute Gasteiger partial charge is 0.0779 e. The predicted molar refractivity (Wildman–Crippen MR) is 60.5 cm³/mol. The van der Waals surface area contributed by atoms with E-state index in [2.05, 4.69) is 39.9 Å². The van der Waals surface area contributed by atoms with Crippen molar-refractivity contribution in [2.45, 2.75) is 59.1 Å². The van der Waals surface area contributed by atoms with Crippen LogP contribution in [0.15, 0.2) is 0 Å². The molecule has 2 heteroatoms. The maximum Gasteiger partial charge on any atom is 0.0779 e. The molecule has 1 rings (SSSR count). The number of hydrogen-bond acceptors (Lipinski definition) is 2. The van der Waals surface area contributed by atoms with Crippen LogP contribution in [0.4, 0.5) is 0 Å². The van der Waals surface area contributed by atoms with Crippen LogP contribution in [0, 0.1) is 5.41 Å². The van der Waals surface area contributed by atoms with E-state index in [1.54, 1.807) is 0 Å². The van der Waals surface area contributed by atoms with Gasteiger partial charge in [0.1, 0.15) is 0 Å². The van der Waals surface area contributed by atoms with Crippen molar-refractivity contribution in [3.63, 3.8) is 0 Å². The quantitative estimate of drug-likeness (QED) is 0.738. The number of ether oxygens (including phenoxy) is 1. The van der Waals surface area contributed by atoms with Crippen LogP contribution < -0.4 is 5.32 Å². The fourth-order valence-corrected chi connectivity index (χ4v) is 1.92. The Bertz CT molecular complexity index is 181. The lowest BCUT2D eigenvalue weighted by Gasteiger charge is -2.40. The zero-order valence-electron chi connectivity index (χ0n) is 10.3. The van der Waals surface area contributed by atoms with Crippen LogP contribution >= 0.6 is 0 Å². The van der Waals surface area contributed by atoms with Crippen molar-refractivity contribution in [1.29, 1.82) is 0 Å². The summed E-state index contributed by atoms with van der Waals surface area (Å²) in [6.07, 6.45) is 2.45. The molecule has 0 aromatic carbocycles. The molecule has 1 unspecified atom stereocenters. The topological polar surface area (TPSA) is 21.3 Å².